The van der Waals surface area contributed by atoms with Gasteiger partial charge in [0.1, 0.15) is 0 Å². The molecule has 0 aliphatic rings. The van der Waals surface area contributed by atoms with E-state index in [1.54, 1.807) is 0 Å². The zero-order valence-electron chi connectivity index (χ0n) is 15.2. The number of hydrogen-bond donors (Lipinski definition) is 0. The Hall–Kier alpha value is -1.55. The highest BCUT2D eigenvalue weighted by Crippen LogP contribution is 2.05. The summed E-state index contributed by atoms with van der Waals surface area (Å²) in [6.07, 6.45) is 3.81. The topological polar surface area (TPSA) is 17.1 Å². The summed E-state index contributed by atoms with van der Waals surface area (Å²) in [6, 6.07) is 8.61. The molecule has 0 spiro atoms. The molecule has 1 aromatic carbocycles. The number of aryl methyl sites for hydroxylation is 2. The lowest BCUT2D eigenvalue weighted by Gasteiger charge is -2.01. The SMILES string of the molecule is C.CCC(C#CC(=O)CC(C)C)CC.CCc1cccc(C)c1. The highest BCUT2D eigenvalue weighted by molar-refractivity contribution is 5.95. The Morgan fingerprint density at radius 3 is 2.13 bits per heavy atom. The van der Waals surface area contributed by atoms with Crippen LogP contribution in [0.1, 0.15) is 72.4 Å². The Labute approximate surface area is 144 Å². The Kier molecular flexibility index (Phi) is 14.5. The standard InChI is InChI=1S/C12H20O.C9H12.CH4/c1-5-11(6-2)7-8-12(13)9-10(3)4;1-3-9-6-4-5-8(2)7-9;/h10-11H,5-6,9H2,1-4H3;4-7H,3H2,1-2H3;1H4. The minimum absolute atomic E-state index is 0. The number of carbonyl (C=O) groups excluding carboxylic acids is 1. The van der Waals surface area contributed by atoms with Crippen molar-refractivity contribution in [2.45, 2.75) is 74.7 Å². The molecule has 0 radical (unpaired) electrons. The van der Waals surface area contributed by atoms with Gasteiger partial charge in [0.2, 0.25) is 5.78 Å². The molecule has 0 aromatic heterocycles. The first kappa shape index (κ1) is 23.7. The van der Waals surface area contributed by atoms with E-state index in [1.807, 2.05) is 13.8 Å². The predicted molar refractivity (Wildman–Crippen MR) is 104 cm³/mol. The first-order chi connectivity index (χ1) is 10.4. The monoisotopic (exact) mass is 316 g/mol. The highest BCUT2D eigenvalue weighted by atomic mass is 16.1. The van der Waals surface area contributed by atoms with Crippen molar-refractivity contribution in [2.75, 3.05) is 0 Å². The minimum Gasteiger partial charge on any atom is -0.285 e. The lowest BCUT2D eigenvalue weighted by atomic mass is 10.0. The normalized spacial score (nSPS) is 9.39. The van der Waals surface area contributed by atoms with Crippen LogP contribution >= 0.6 is 0 Å². The fraction of sp³-hybridized carbons (Fsp3) is 0.591. The number of ketones is 1. The van der Waals surface area contributed by atoms with E-state index in [4.69, 9.17) is 0 Å². The molecule has 0 saturated heterocycles. The second-order valence-electron chi connectivity index (χ2n) is 6.15. The molecule has 1 heteroatoms. The third-order valence-corrected chi connectivity index (χ3v) is 3.49. The van der Waals surface area contributed by atoms with E-state index in [9.17, 15) is 4.79 Å². The van der Waals surface area contributed by atoms with E-state index in [-0.39, 0.29) is 13.2 Å². The van der Waals surface area contributed by atoms with Crippen molar-refractivity contribution in [1.29, 1.82) is 0 Å². The van der Waals surface area contributed by atoms with E-state index in [0.717, 1.165) is 19.3 Å². The molecule has 0 amide bonds. The number of Topliss-reactive ketones (excluding diaryl/α,β-unsaturated/α-hetero) is 1. The summed E-state index contributed by atoms with van der Waals surface area (Å²) in [7, 11) is 0. The Morgan fingerprint density at radius 2 is 1.74 bits per heavy atom. The van der Waals surface area contributed by atoms with Crippen molar-refractivity contribution < 1.29 is 4.79 Å². The number of rotatable bonds is 5. The maximum absolute atomic E-state index is 11.2. The van der Waals surface area contributed by atoms with E-state index >= 15 is 0 Å². The molecule has 0 unspecified atom stereocenters. The van der Waals surface area contributed by atoms with Gasteiger partial charge in [-0.15, -0.1) is 0 Å². The lowest BCUT2D eigenvalue weighted by Crippen LogP contribution is -2.00. The van der Waals surface area contributed by atoms with Gasteiger partial charge in [0.05, 0.1) is 0 Å². The zero-order chi connectivity index (χ0) is 17.0. The van der Waals surface area contributed by atoms with Crippen molar-refractivity contribution in [2.24, 2.45) is 11.8 Å². The zero-order valence-corrected chi connectivity index (χ0v) is 15.2. The van der Waals surface area contributed by atoms with Crippen LogP contribution in [0.2, 0.25) is 0 Å². The molecule has 0 N–H and O–H groups in total. The number of carbonyl (C=O) groups is 1. The van der Waals surface area contributed by atoms with Gasteiger partial charge in [-0.1, -0.05) is 77.8 Å². The summed E-state index contributed by atoms with van der Waals surface area (Å²) < 4.78 is 0. The molecule has 1 rings (SSSR count). The molecule has 1 aromatic rings. The van der Waals surface area contributed by atoms with Gasteiger partial charge in [0.15, 0.2) is 0 Å². The second-order valence-corrected chi connectivity index (χ2v) is 6.15. The van der Waals surface area contributed by atoms with Crippen LogP contribution < -0.4 is 0 Å². The molecule has 0 atom stereocenters. The fourth-order valence-corrected chi connectivity index (χ4v) is 2.03. The summed E-state index contributed by atoms with van der Waals surface area (Å²) >= 11 is 0. The quantitative estimate of drug-likeness (QED) is 0.464. The van der Waals surface area contributed by atoms with Gasteiger partial charge in [-0.2, -0.15) is 0 Å². The van der Waals surface area contributed by atoms with Gasteiger partial charge in [0, 0.05) is 12.3 Å². The fourth-order valence-electron chi connectivity index (χ4n) is 2.03. The van der Waals surface area contributed by atoms with Crippen molar-refractivity contribution in [3.63, 3.8) is 0 Å². The summed E-state index contributed by atoms with van der Waals surface area (Å²) in [4.78, 5) is 11.2. The molecule has 0 aliphatic carbocycles. The van der Waals surface area contributed by atoms with E-state index in [2.05, 4.69) is 63.8 Å². The highest BCUT2D eigenvalue weighted by Gasteiger charge is 2.02. The predicted octanol–water partition coefficient (Wildman–Crippen LogP) is 6.23. The molecule has 0 heterocycles. The lowest BCUT2D eigenvalue weighted by molar-refractivity contribution is -0.114. The van der Waals surface area contributed by atoms with E-state index in [1.165, 1.54) is 11.1 Å². The van der Waals surface area contributed by atoms with Gasteiger partial charge >= 0.3 is 0 Å². The third-order valence-electron chi connectivity index (χ3n) is 3.49. The third kappa shape index (κ3) is 12.7. The average Bonchev–Trinajstić information content (AvgIpc) is 2.48. The van der Waals surface area contributed by atoms with Crippen LogP contribution in [-0.2, 0) is 11.2 Å². The van der Waals surface area contributed by atoms with Gasteiger partial charge < -0.3 is 0 Å². The average molecular weight is 317 g/mol. The number of benzene rings is 1. The minimum atomic E-state index is 0. The first-order valence-corrected chi connectivity index (χ1v) is 8.52. The van der Waals surface area contributed by atoms with Gasteiger partial charge in [0.25, 0.3) is 0 Å². The van der Waals surface area contributed by atoms with Crippen molar-refractivity contribution in [1.82, 2.24) is 0 Å². The van der Waals surface area contributed by atoms with Crippen molar-refractivity contribution in [3.8, 4) is 11.8 Å². The van der Waals surface area contributed by atoms with Crippen LogP contribution in [0.4, 0.5) is 0 Å². The van der Waals surface area contributed by atoms with Crippen LogP contribution in [0.5, 0.6) is 0 Å². The molecule has 0 bridgehead atoms. The largest absolute Gasteiger partial charge is 0.285 e. The van der Waals surface area contributed by atoms with Gasteiger partial charge in [-0.3, -0.25) is 4.79 Å². The Bertz CT molecular complexity index is 484. The van der Waals surface area contributed by atoms with Crippen molar-refractivity contribution >= 4 is 5.78 Å². The molecular weight excluding hydrogens is 280 g/mol. The second kappa shape index (κ2) is 14.1. The molecule has 130 valence electrons. The molecule has 0 saturated carbocycles. The summed E-state index contributed by atoms with van der Waals surface area (Å²) in [5, 5.41) is 0. The smallest absolute Gasteiger partial charge is 0.205 e. The summed E-state index contributed by atoms with van der Waals surface area (Å²) in [6.45, 7) is 12.6. The van der Waals surface area contributed by atoms with Gasteiger partial charge in [-0.05, 0) is 43.6 Å². The van der Waals surface area contributed by atoms with Crippen LogP contribution in [0.25, 0.3) is 0 Å². The summed E-state index contributed by atoms with van der Waals surface area (Å²) in [5.74, 6) is 6.66. The van der Waals surface area contributed by atoms with Crippen molar-refractivity contribution in [3.05, 3.63) is 35.4 Å². The van der Waals surface area contributed by atoms with Gasteiger partial charge in [-0.25, -0.2) is 0 Å². The molecule has 1 nitrogen and oxygen atoms in total. The van der Waals surface area contributed by atoms with E-state index < -0.39 is 0 Å². The number of hydrogen-bond acceptors (Lipinski definition) is 1. The molecule has 23 heavy (non-hydrogen) atoms. The Balaban J connectivity index is 0. The summed E-state index contributed by atoms with van der Waals surface area (Å²) in [5.41, 5.74) is 2.78. The molecule has 0 aliphatic heterocycles. The molecule has 0 fully saturated rings. The van der Waals surface area contributed by atoms with Crippen LogP contribution in [-0.4, -0.2) is 5.78 Å². The van der Waals surface area contributed by atoms with Crippen LogP contribution in [0, 0.1) is 30.6 Å². The van der Waals surface area contributed by atoms with Crippen LogP contribution in [0.15, 0.2) is 24.3 Å². The van der Waals surface area contributed by atoms with Crippen LogP contribution in [0.3, 0.4) is 0 Å². The van der Waals surface area contributed by atoms with E-state index in [0.29, 0.717) is 18.3 Å². The Morgan fingerprint density at radius 1 is 1.13 bits per heavy atom. The first-order valence-electron chi connectivity index (χ1n) is 8.52. The maximum atomic E-state index is 11.2. The molecular formula is C22H36O. The maximum Gasteiger partial charge on any atom is 0.205 e.